The van der Waals surface area contributed by atoms with Crippen LogP contribution < -0.4 is 4.72 Å². The van der Waals surface area contributed by atoms with E-state index in [1.807, 2.05) is 22.9 Å². The molecular formula is C21H14Cl3N3O3S. The van der Waals surface area contributed by atoms with Gasteiger partial charge in [-0.1, -0.05) is 65.1 Å². The number of amides is 1. The monoisotopic (exact) mass is 493 g/mol. The summed E-state index contributed by atoms with van der Waals surface area (Å²) < 4.78 is 29.1. The fourth-order valence-electron chi connectivity index (χ4n) is 3.10. The number of nitrogens with zero attached hydrogens (tertiary/aromatic N) is 2. The Morgan fingerprint density at radius 3 is 2.32 bits per heavy atom. The first kappa shape index (κ1) is 21.6. The second kappa shape index (κ2) is 8.51. The lowest BCUT2D eigenvalue weighted by atomic mass is 10.2. The Kier molecular flexibility index (Phi) is 5.94. The molecule has 1 aromatic heterocycles. The van der Waals surface area contributed by atoms with Crippen molar-refractivity contribution in [3.8, 4) is 0 Å². The molecule has 0 aliphatic carbocycles. The van der Waals surface area contributed by atoms with Gasteiger partial charge in [-0.3, -0.25) is 9.48 Å². The van der Waals surface area contributed by atoms with Gasteiger partial charge in [0.15, 0.2) is 5.69 Å². The van der Waals surface area contributed by atoms with E-state index in [-0.39, 0.29) is 20.6 Å². The first-order valence-corrected chi connectivity index (χ1v) is 11.6. The van der Waals surface area contributed by atoms with E-state index in [1.54, 1.807) is 35.0 Å². The molecule has 1 N–H and O–H groups in total. The largest absolute Gasteiger partial charge is 0.286 e. The van der Waals surface area contributed by atoms with Crippen LogP contribution in [0.25, 0.3) is 10.9 Å². The molecule has 4 rings (SSSR count). The third kappa shape index (κ3) is 4.55. The van der Waals surface area contributed by atoms with E-state index >= 15 is 0 Å². The van der Waals surface area contributed by atoms with Gasteiger partial charge in [-0.05, 0) is 42.0 Å². The van der Waals surface area contributed by atoms with Crippen molar-refractivity contribution in [3.05, 3.63) is 93.1 Å². The zero-order valence-corrected chi connectivity index (χ0v) is 18.8. The maximum Gasteiger partial charge on any atom is 0.286 e. The van der Waals surface area contributed by atoms with Crippen LogP contribution in [-0.2, 0) is 16.6 Å². The molecule has 0 atom stereocenters. The van der Waals surface area contributed by atoms with Crippen LogP contribution >= 0.6 is 34.8 Å². The van der Waals surface area contributed by atoms with Gasteiger partial charge in [0.25, 0.3) is 15.9 Å². The topological polar surface area (TPSA) is 81.1 Å². The molecule has 3 aromatic carbocycles. The van der Waals surface area contributed by atoms with Gasteiger partial charge in [0.2, 0.25) is 0 Å². The zero-order valence-electron chi connectivity index (χ0n) is 15.7. The predicted octanol–water partition coefficient (Wildman–Crippen LogP) is 5.16. The van der Waals surface area contributed by atoms with Crippen LogP contribution in [-0.4, -0.2) is 24.1 Å². The summed E-state index contributed by atoms with van der Waals surface area (Å²) in [6.45, 7) is 0.376. The Bertz CT molecular complexity index is 1400. The van der Waals surface area contributed by atoms with Gasteiger partial charge in [0.05, 0.1) is 17.1 Å². The Labute approximate surface area is 193 Å². The second-order valence-corrected chi connectivity index (χ2v) is 9.59. The summed E-state index contributed by atoms with van der Waals surface area (Å²) in [6.07, 6.45) is 0. The molecule has 0 unspecified atom stereocenters. The number of sulfonamides is 1. The minimum atomic E-state index is -4.23. The van der Waals surface area contributed by atoms with Gasteiger partial charge in [0.1, 0.15) is 4.90 Å². The normalized spacial score (nSPS) is 11.6. The van der Waals surface area contributed by atoms with Crippen LogP contribution in [0, 0.1) is 0 Å². The Morgan fingerprint density at radius 1 is 0.935 bits per heavy atom. The predicted molar refractivity (Wildman–Crippen MR) is 121 cm³/mol. The molecule has 10 heteroatoms. The molecule has 0 spiro atoms. The smallest absolute Gasteiger partial charge is 0.266 e. The number of benzene rings is 3. The number of carbonyl (C=O) groups is 1. The summed E-state index contributed by atoms with van der Waals surface area (Å²) in [5.74, 6) is -0.864. The van der Waals surface area contributed by atoms with Crippen molar-refractivity contribution >= 4 is 61.6 Å². The molecule has 4 aromatic rings. The molecule has 0 aliphatic rings. The molecular weight excluding hydrogens is 481 g/mol. The summed E-state index contributed by atoms with van der Waals surface area (Å²) in [5, 5.41) is 5.69. The summed E-state index contributed by atoms with van der Waals surface area (Å²) in [7, 11) is -4.23. The fourth-order valence-corrected chi connectivity index (χ4v) is 4.95. The number of rotatable bonds is 5. The SMILES string of the molecule is O=C(NS(=O)(=O)c1ccc(Cl)cc1Cl)c1nn(Cc2ccc(Cl)cc2)c2ccccc12. The quantitative estimate of drug-likeness (QED) is 0.415. The van der Waals surface area contributed by atoms with Crippen LogP contribution in [0.4, 0.5) is 0 Å². The molecule has 0 bridgehead atoms. The molecule has 158 valence electrons. The molecule has 6 nitrogen and oxygen atoms in total. The van der Waals surface area contributed by atoms with E-state index in [4.69, 9.17) is 34.8 Å². The molecule has 0 saturated heterocycles. The second-order valence-electron chi connectivity index (χ2n) is 6.66. The van der Waals surface area contributed by atoms with Crippen molar-refractivity contribution in [2.45, 2.75) is 11.4 Å². The average Bonchev–Trinajstić information content (AvgIpc) is 3.08. The highest BCUT2D eigenvalue weighted by molar-refractivity contribution is 7.90. The molecule has 0 fully saturated rings. The van der Waals surface area contributed by atoms with Gasteiger partial charge in [-0.15, -0.1) is 0 Å². The van der Waals surface area contributed by atoms with Crippen molar-refractivity contribution in [1.82, 2.24) is 14.5 Å². The van der Waals surface area contributed by atoms with E-state index in [0.29, 0.717) is 22.5 Å². The Balaban J connectivity index is 1.69. The summed E-state index contributed by atoms with van der Waals surface area (Å²) in [4.78, 5) is 12.6. The van der Waals surface area contributed by atoms with Gasteiger partial charge in [0, 0.05) is 15.4 Å². The fraction of sp³-hybridized carbons (Fsp3) is 0.0476. The number of carbonyl (C=O) groups excluding carboxylic acids is 1. The van der Waals surface area contributed by atoms with Gasteiger partial charge < -0.3 is 0 Å². The molecule has 0 radical (unpaired) electrons. The highest BCUT2D eigenvalue weighted by atomic mass is 35.5. The minimum absolute atomic E-state index is 0.0155. The standard InChI is InChI=1S/C21H14Cl3N3O3S/c22-14-7-5-13(6-8-14)12-27-18-4-2-1-3-16(18)20(25-27)21(28)26-31(29,30)19-10-9-15(23)11-17(19)24/h1-11H,12H2,(H,26,28). The van der Waals surface area contributed by atoms with Crippen LogP contribution in [0.15, 0.2) is 71.6 Å². The summed E-state index contributed by atoms with van der Waals surface area (Å²) in [5.41, 5.74) is 1.59. The highest BCUT2D eigenvalue weighted by Gasteiger charge is 2.25. The third-order valence-corrected chi connectivity index (χ3v) is 6.83. The van der Waals surface area contributed by atoms with Gasteiger partial charge in [-0.25, -0.2) is 13.1 Å². The molecule has 1 amide bonds. The molecule has 0 aliphatic heterocycles. The van der Waals surface area contributed by atoms with Gasteiger partial charge in [-0.2, -0.15) is 5.10 Å². The first-order valence-electron chi connectivity index (χ1n) is 8.97. The number of hydrogen-bond donors (Lipinski definition) is 1. The van der Waals surface area contributed by atoms with Crippen LogP contribution in [0.1, 0.15) is 16.1 Å². The van der Waals surface area contributed by atoms with Crippen molar-refractivity contribution in [2.24, 2.45) is 0 Å². The van der Waals surface area contributed by atoms with E-state index < -0.39 is 15.9 Å². The van der Waals surface area contributed by atoms with Crippen molar-refractivity contribution in [1.29, 1.82) is 0 Å². The minimum Gasteiger partial charge on any atom is -0.266 e. The number of hydrogen-bond acceptors (Lipinski definition) is 4. The van der Waals surface area contributed by atoms with Crippen LogP contribution in [0.3, 0.4) is 0 Å². The maximum absolute atomic E-state index is 12.9. The lowest BCUT2D eigenvalue weighted by Crippen LogP contribution is -2.31. The molecule has 1 heterocycles. The molecule has 0 saturated carbocycles. The Hall–Kier alpha value is -2.58. The van der Waals surface area contributed by atoms with Crippen LogP contribution in [0.5, 0.6) is 0 Å². The zero-order chi connectivity index (χ0) is 22.2. The van der Waals surface area contributed by atoms with E-state index in [1.165, 1.54) is 18.2 Å². The number of para-hydroxylation sites is 1. The number of fused-ring (bicyclic) bond motifs is 1. The van der Waals surface area contributed by atoms with Crippen molar-refractivity contribution in [2.75, 3.05) is 0 Å². The molecule has 31 heavy (non-hydrogen) atoms. The maximum atomic E-state index is 12.9. The van der Waals surface area contributed by atoms with E-state index in [2.05, 4.69) is 5.10 Å². The first-order chi connectivity index (χ1) is 14.7. The van der Waals surface area contributed by atoms with Crippen LogP contribution in [0.2, 0.25) is 15.1 Å². The van der Waals surface area contributed by atoms with E-state index in [9.17, 15) is 13.2 Å². The lowest BCUT2D eigenvalue weighted by Gasteiger charge is -2.08. The van der Waals surface area contributed by atoms with Gasteiger partial charge >= 0.3 is 0 Å². The summed E-state index contributed by atoms with van der Waals surface area (Å²) >= 11 is 17.8. The third-order valence-electron chi connectivity index (χ3n) is 4.53. The van der Waals surface area contributed by atoms with Crippen molar-refractivity contribution < 1.29 is 13.2 Å². The number of nitrogens with one attached hydrogen (secondary N) is 1. The number of aromatic nitrogens is 2. The Morgan fingerprint density at radius 2 is 1.61 bits per heavy atom. The lowest BCUT2D eigenvalue weighted by molar-refractivity contribution is 0.0977. The van der Waals surface area contributed by atoms with Crippen molar-refractivity contribution in [3.63, 3.8) is 0 Å². The number of halogens is 3. The summed E-state index contributed by atoms with van der Waals surface area (Å²) in [6, 6.07) is 18.2. The highest BCUT2D eigenvalue weighted by Crippen LogP contribution is 2.26. The average molecular weight is 495 g/mol. The van der Waals surface area contributed by atoms with E-state index in [0.717, 1.165) is 5.56 Å².